The number of hydrogen-bond acceptors (Lipinski definition) is 3. The van der Waals surface area contributed by atoms with E-state index >= 15 is 0 Å². The number of hydrogen-bond donors (Lipinski definition) is 0. The maximum Gasteiger partial charge on any atom is 0.0803 e. The van der Waals surface area contributed by atoms with Gasteiger partial charge in [0.2, 0.25) is 0 Å². The van der Waals surface area contributed by atoms with Crippen LogP contribution in [-0.2, 0) is 0 Å². The Labute approximate surface area is 320 Å². The molecule has 0 saturated carbocycles. The SMILES string of the molecule is C=C1/C=C\C=C/CN(c2ccccc2)c2ccc(C3=Nc4ccccc4C(c4ccc5c(c4)c4ccccc4n5-c4ccccc4)=Nc4ccccc43)cc21. The van der Waals surface area contributed by atoms with Crippen LogP contribution in [0, 0.1) is 0 Å². The Morgan fingerprint density at radius 3 is 1.78 bits per heavy atom. The number of para-hydroxylation sites is 5. The molecule has 2 aliphatic rings. The molecule has 0 atom stereocenters. The van der Waals surface area contributed by atoms with E-state index in [1.54, 1.807) is 0 Å². The molecule has 2 aliphatic heterocycles. The molecular formula is C51H36N4. The number of fused-ring (bicyclic) bond motifs is 6. The van der Waals surface area contributed by atoms with Crippen molar-refractivity contribution in [3.05, 3.63) is 229 Å². The summed E-state index contributed by atoms with van der Waals surface area (Å²) in [7, 11) is 0. The van der Waals surface area contributed by atoms with E-state index in [1.165, 1.54) is 16.3 Å². The van der Waals surface area contributed by atoms with E-state index in [-0.39, 0.29) is 0 Å². The van der Waals surface area contributed by atoms with Crippen molar-refractivity contribution in [2.24, 2.45) is 9.98 Å². The van der Waals surface area contributed by atoms with E-state index in [4.69, 9.17) is 9.98 Å². The van der Waals surface area contributed by atoms with Gasteiger partial charge in [-0.25, -0.2) is 9.98 Å². The molecule has 0 unspecified atom stereocenters. The largest absolute Gasteiger partial charge is 0.337 e. The minimum absolute atomic E-state index is 0.737. The summed E-state index contributed by atoms with van der Waals surface area (Å²) in [5.41, 5.74) is 15.2. The van der Waals surface area contributed by atoms with Crippen LogP contribution in [0.2, 0.25) is 0 Å². The molecule has 0 saturated heterocycles. The first-order valence-corrected chi connectivity index (χ1v) is 18.7. The Kier molecular flexibility index (Phi) is 8.00. The lowest BCUT2D eigenvalue weighted by Crippen LogP contribution is -2.18. The van der Waals surface area contributed by atoms with Crippen molar-refractivity contribution in [3.8, 4) is 5.69 Å². The van der Waals surface area contributed by atoms with E-state index in [0.29, 0.717) is 0 Å². The van der Waals surface area contributed by atoms with Crippen molar-refractivity contribution < 1.29 is 0 Å². The van der Waals surface area contributed by atoms with Gasteiger partial charge in [-0.15, -0.1) is 0 Å². The van der Waals surface area contributed by atoms with Crippen molar-refractivity contribution in [3.63, 3.8) is 0 Å². The average molecular weight is 705 g/mol. The van der Waals surface area contributed by atoms with Crippen molar-refractivity contribution >= 4 is 61.6 Å². The number of anilines is 2. The van der Waals surface area contributed by atoms with E-state index in [1.807, 2.05) is 0 Å². The quantitative estimate of drug-likeness (QED) is 0.179. The molecule has 3 heterocycles. The van der Waals surface area contributed by atoms with Gasteiger partial charge in [0.25, 0.3) is 0 Å². The maximum absolute atomic E-state index is 5.52. The molecule has 55 heavy (non-hydrogen) atoms. The standard InChI is InChI=1S/C51H36N4/c1-35-17-5-4-16-32-54(38-18-6-2-7-19-38)47-30-28-36(33-43(35)47)50-41-23-10-13-25-45(41)53-51(42-24-11-14-26-46(42)52-50)37-29-31-49-44(34-37)40-22-12-15-27-48(40)55(49)39-20-8-3-9-21-39/h2-31,33-34H,1,32H2/b16-4-,17-5-,50-41?,51-42?,52-46?,52-50?,53-45?,53-51?. The zero-order chi connectivity index (χ0) is 36.7. The normalized spacial score (nSPS) is 15.0. The minimum Gasteiger partial charge on any atom is -0.337 e. The monoisotopic (exact) mass is 704 g/mol. The van der Waals surface area contributed by atoms with Crippen LogP contribution in [0.4, 0.5) is 22.7 Å². The molecule has 8 aromatic rings. The summed E-state index contributed by atoms with van der Waals surface area (Å²) in [5.74, 6) is 0. The number of rotatable bonds is 4. The Morgan fingerprint density at radius 1 is 0.473 bits per heavy atom. The lowest BCUT2D eigenvalue weighted by atomic mass is 9.93. The summed E-state index contributed by atoms with van der Waals surface area (Å²) < 4.78 is 2.35. The van der Waals surface area contributed by atoms with Crippen LogP contribution in [0.15, 0.2) is 211 Å². The second kappa shape index (κ2) is 13.6. The molecule has 10 rings (SSSR count). The third-order valence-electron chi connectivity index (χ3n) is 10.6. The molecule has 4 heteroatoms. The molecule has 0 aliphatic carbocycles. The zero-order valence-electron chi connectivity index (χ0n) is 30.2. The molecule has 1 aromatic heterocycles. The van der Waals surface area contributed by atoms with E-state index < -0.39 is 0 Å². The van der Waals surface area contributed by atoms with Gasteiger partial charge in [-0.1, -0.05) is 134 Å². The summed E-state index contributed by atoms with van der Waals surface area (Å²) in [6, 6.07) is 59.9. The minimum atomic E-state index is 0.737. The van der Waals surface area contributed by atoms with Crippen LogP contribution in [0.1, 0.15) is 27.8 Å². The van der Waals surface area contributed by atoms with Crippen LogP contribution in [-0.4, -0.2) is 22.5 Å². The van der Waals surface area contributed by atoms with Gasteiger partial charge in [0.1, 0.15) is 0 Å². The molecular weight excluding hydrogens is 669 g/mol. The van der Waals surface area contributed by atoms with Gasteiger partial charge in [-0.05, 0) is 72.3 Å². The molecule has 0 bridgehead atoms. The first-order chi connectivity index (χ1) is 27.2. The molecule has 260 valence electrons. The van der Waals surface area contributed by atoms with Gasteiger partial charge >= 0.3 is 0 Å². The Hall–Kier alpha value is -7.30. The van der Waals surface area contributed by atoms with Gasteiger partial charge in [-0.3, -0.25) is 0 Å². The summed E-state index contributed by atoms with van der Waals surface area (Å²) in [5, 5.41) is 2.39. The van der Waals surface area contributed by atoms with Crippen LogP contribution in [0.3, 0.4) is 0 Å². The van der Waals surface area contributed by atoms with Crippen LogP contribution >= 0.6 is 0 Å². The fourth-order valence-corrected chi connectivity index (χ4v) is 7.95. The molecule has 0 amide bonds. The number of aliphatic imine (C=N–C) groups is 2. The smallest absolute Gasteiger partial charge is 0.0803 e. The van der Waals surface area contributed by atoms with E-state index in [2.05, 4.69) is 210 Å². The van der Waals surface area contributed by atoms with Gasteiger partial charge in [0.05, 0.1) is 33.8 Å². The fourth-order valence-electron chi connectivity index (χ4n) is 7.95. The van der Waals surface area contributed by atoms with Crippen LogP contribution < -0.4 is 4.90 Å². The molecule has 0 radical (unpaired) electrons. The summed E-state index contributed by atoms with van der Waals surface area (Å²) in [6.07, 6.45) is 8.43. The summed E-state index contributed by atoms with van der Waals surface area (Å²) in [6.45, 7) is 5.26. The second-order valence-corrected chi connectivity index (χ2v) is 13.9. The number of allylic oxidation sites excluding steroid dienone is 4. The predicted molar refractivity (Wildman–Crippen MR) is 231 cm³/mol. The highest BCUT2D eigenvalue weighted by Crippen LogP contribution is 2.39. The molecule has 0 fully saturated rings. The lowest BCUT2D eigenvalue weighted by Gasteiger charge is -2.27. The van der Waals surface area contributed by atoms with Crippen molar-refractivity contribution in [1.82, 2.24) is 4.57 Å². The predicted octanol–water partition coefficient (Wildman–Crippen LogP) is 12.7. The fraction of sp³-hybridized carbons (Fsp3) is 0.0196. The highest BCUT2D eigenvalue weighted by atomic mass is 15.1. The third-order valence-corrected chi connectivity index (χ3v) is 10.6. The lowest BCUT2D eigenvalue weighted by molar-refractivity contribution is 1.09. The number of nitrogens with zero attached hydrogens (tertiary/aromatic N) is 4. The highest BCUT2D eigenvalue weighted by Gasteiger charge is 2.23. The highest BCUT2D eigenvalue weighted by molar-refractivity contribution is 6.24. The van der Waals surface area contributed by atoms with Crippen molar-refractivity contribution in [1.29, 1.82) is 0 Å². The molecule has 0 spiro atoms. The van der Waals surface area contributed by atoms with Gasteiger partial charge in [-0.2, -0.15) is 0 Å². The Balaban J connectivity index is 1.14. The van der Waals surface area contributed by atoms with Gasteiger partial charge in [0, 0.05) is 62.2 Å². The number of benzene rings is 7. The van der Waals surface area contributed by atoms with Crippen molar-refractivity contribution in [2.75, 3.05) is 11.4 Å². The Morgan fingerprint density at radius 2 is 1.05 bits per heavy atom. The first kappa shape index (κ1) is 32.4. The van der Waals surface area contributed by atoms with E-state index in [0.717, 1.165) is 85.3 Å². The number of aromatic nitrogens is 1. The molecule has 0 N–H and O–H groups in total. The molecule has 4 nitrogen and oxygen atoms in total. The third kappa shape index (κ3) is 5.72. The topological polar surface area (TPSA) is 32.9 Å². The van der Waals surface area contributed by atoms with E-state index in [9.17, 15) is 0 Å². The zero-order valence-corrected chi connectivity index (χ0v) is 30.2. The van der Waals surface area contributed by atoms with Crippen molar-refractivity contribution in [2.45, 2.75) is 0 Å². The van der Waals surface area contributed by atoms with Crippen LogP contribution in [0.25, 0.3) is 33.1 Å². The van der Waals surface area contributed by atoms with Gasteiger partial charge in [0.15, 0.2) is 0 Å². The molecule has 7 aromatic carbocycles. The maximum atomic E-state index is 5.52. The van der Waals surface area contributed by atoms with Crippen LogP contribution in [0.5, 0.6) is 0 Å². The summed E-state index contributed by atoms with van der Waals surface area (Å²) >= 11 is 0. The summed E-state index contributed by atoms with van der Waals surface area (Å²) in [4.78, 5) is 13.4. The first-order valence-electron chi connectivity index (χ1n) is 18.7. The Bertz CT molecular complexity index is 2910. The second-order valence-electron chi connectivity index (χ2n) is 13.9. The van der Waals surface area contributed by atoms with Gasteiger partial charge < -0.3 is 9.47 Å². The average Bonchev–Trinajstić information content (AvgIpc) is 3.60.